The minimum atomic E-state index is -0.964. The van der Waals surface area contributed by atoms with Crippen LogP contribution < -0.4 is 0 Å². The molecule has 0 spiro atoms. The fourth-order valence-corrected chi connectivity index (χ4v) is 0.761. The zero-order valence-corrected chi connectivity index (χ0v) is 8.26. The van der Waals surface area contributed by atoms with Gasteiger partial charge in [-0.25, -0.2) is 4.79 Å². The minimum Gasteiger partial charge on any atom is -0.458 e. The number of aliphatic hydroxyl groups is 1. The lowest BCUT2D eigenvalue weighted by Crippen LogP contribution is -2.31. The molecule has 3 heteroatoms. The highest BCUT2D eigenvalue weighted by Gasteiger charge is 2.21. The molecular weight excluding hydrogens is 156 g/mol. The molecule has 0 aromatic heterocycles. The normalized spacial score (nSPS) is 14.1. The molecule has 0 aromatic rings. The molecule has 0 amide bonds. The molecule has 0 aliphatic heterocycles. The van der Waals surface area contributed by atoms with Crippen molar-refractivity contribution in [2.75, 3.05) is 0 Å². The number of aliphatic hydroxyl groups excluding tert-OH is 1. The summed E-state index contributed by atoms with van der Waals surface area (Å²) in [5, 5.41) is 9.21. The van der Waals surface area contributed by atoms with Crippen molar-refractivity contribution in [3.63, 3.8) is 0 Å². The predicted octanol–water partition coefficient (Wildman–Crippen LogP) is 1.49. The van der Waals surface area contributed by atoms with Gasteiger partial charge in [-0.05, 0) is 27.2 Å². The molecule has 0 fully saturated rings. The Morgan fingerprint density at radius 3 is 2.33 bits per heavy atom. The number of rotatable bonds is 3. The second-order valence-electron chi connectivity index (χ2n) is 3.84. The highest BCUT2D eigenvalue weighted by Crippen LogP contribution is 2.10. The Kier molecular flexibility index (Phi) is 4.24. The molecule has 3 nitrogen and oxygen atoms in total. The Balaban J connectivity index is 3.87. The van der Waals surface area contributed by atoms with Crippen LogP contribution in [-0.2, 0) is 9.53 Å². The summed E-state index contributed by atoms with van der Waals surface area (Å²) >= 11 is 0. The third-order valence-electron chi connectivity index (χ3n) is 1.24. The molecule has 0 aliphatic rings. The van der Waals surface area contributed by atoms with Gasteiger partial charge in [-0.15, -0.1) is 0 Å². The molecular formula is C9H18O3. The molecule has 72 valence electrons. The summed E-state index contributed by atoms with van der Waals surface area (Å²) in [7, 11) is 0. The van der Waals surface area contributed by atoms with Crippen LogP contribution in [0.25, 0.3) is 0 Å². The maximum absolute atomic E-state index is 11.1. The van der Waals surface area contributed by atoms with E-state index in [2.05, 4.69) is 0 Å². The molecule has 12 heavy (non-hydrogen) atoms. The van der Waals surface area contributed by atoms with Gasteiger partial charge in [0.1, 0.15) is 5.60 Å². The largest absolute Gasteiger partial charge is 0.458 e. The van der Waals surface area contributed by atoms with Crippen LogP contribution in [0.2, 0.25) is 0 Å². The van der Waals surface area contributed by atoms with Crippen LogP contribution in [0.4, 0.5) is 0 Å². The van der Waals surface area contributed by atoms with Crippen molar-refractivity contribution in [3.8, 4) is 0 Å². The van der Waals surface area contributed by atoms with Gasteiger partial charge in [-0.1, -0.05) is 13.3 Å². The minimum absolute atomic E-state index is 0.467. The first-order valence-corrected chi connectivity index (χ1v) is 4.27. The Hall–Kier alpha value is -0.570. The second kappa shape index (κ2) is 4.45. The number of carbonyl (C=O) groups is 1. The average Bonchev–Trinajstić information content (AvgIpc) is 1.84. The van der Waals surface area contributed by atoms with Gasteiger partial charge < -0.3 is 9.84 Å². The lowest BCUT2D eigenvalue weighted by molar-refractivity contribution is -0.165. The molecule has 1 N–H and O–H groups in total. The van der Waals surface area contributed by atoms with Gasteiger partial charge in [0.25, 0.3) is 0 Å². The summed E-state index contributed by atoms with van der Waals surface area (Å²) in [6.45, 7) is 7.25. The van der Waals surface area contributed by atoms with Gasteiger partial charge in [0, 0.05) is 0 Å². The van der Waals surface area contributed by atoms with Gasteiger partial charge in [0.2, 0.25) is 0 Å². The summed E-state index contributed by atoms with van der Waals surface area (Å²) in [5.41, 5.74) is -0.508. The van der Waals surface area contributed by atoms with Crippen molar-refractivity contribution in [2.24, 2.45) is 0 Å². The van der Waals surface area contributed by atoms with E-state index >= 15 is 0 Å². The number of carbonyl (C=O) groups excluding carboxylic acids is 1. The summed E-state index contributed by atoms with van der Waals surface area (Å²) < 4.78 is 4.96. The molecule has 0 aliphatic carbocycles. The van der Waals surface area contributed by atoms with Gasteiger partial charge >= 0.3 is 5.97 Å². The molecule has 0 saturated heterocycles. The van der Waals surface area contributed by atoms with Gasteiger partial charge in [-0.2, -0.15) is 0 Å². The van der Waals surface area contributed by atoms with Crippen molar-refractivity contribution in [1.29, 1.82) is 0 Å². The van der Waals surface area contributed by atoms with Crippen molar-refractivity contribution in [1.82, 2.24) is 0 Å². The molecule has 0 saturated carbocycles. The Labute approximate surface area is 73.7 Å². The monoisotopic (exact) mass is 174 g/mol. The van der Waals surface area contributed by atoms with E-state index in [0.717, 1.165) is 6.42 Å². The van der Waals surface area contributed by atoms with Gasteiger partial charge in [-0.3, -0.25) is 0 Å². The zero-order valence-electron chi connectivity index (χ0n) is 8.26. The lowest BCUT2D eigenvalue weighted by atomic mass is 10.1. The molecule has 1 atom stereocenters. The highest BCUT2D eigenvalue weighted by atomic mass is 16.6. The van der Waals surface area contributed by atoms with Crippen LogP contribution >= 0.6 is 0 Å². The van der Waals surface area contributed by atoms with Gasteiger partial charge in [0.15, 0.2) is 6.10 Å². The Morgan fingerprint density at radius 1 is 1.50 bits per heavy atom. The summed E-state index contributed by atoms with van der Waals surface area (Å²) in [4.78, 5) is 11.1. The lowest BCUT2D eigenvalue weighted by Gasteiger charge is -2.21. The van der Waals surface area contributed by atoms with E-state index in [4.69, 9.17) is 4.74 Å². The topological polar surface area (TPSA) is 46.5 Å². The SMILES string of the molecule is CCC[C@H](O)C(=O)OC(C)(C)C. The van der Waals surface area contributed by atoms with Crippen molar-refractivity contribution >= 4 is 5.97 Å². The second-order valence-corrected chi connectivity index (χ2v) is 3.84. The molecule has 0 radical (unpaired) electrons. The average molecular weight is 174 g/mol. The van der Waals surface area contributed by atoms with Gasteiger partial charge in [0.05, 0.1) is 0 Å². The van der Waals surface area contributed by atoms with Crippen molar-refractivity contribution in [2.45, 2.75) is 52.2 Å². The molecule has 0 bridgehead atoms. The Bertz CT molecular complexity index is 146. The number of esters is 1. The van der Waals surface area contributed by atoms with Crippen LogP contribution in [-0.4, -0.2) is 22.8 Å². The first-order chi connectivity index (χ1) is 5.37. The van der Waals surface area contributed by atoms with Crippen LogP contribution in [0.1, 0.15) is 40.5 Å². The van der Waals surface area contributed by atoms with Crippen LogP contribution in [0.5, 0.6) is 0 Å². The maximum Gasteiger partial charge on any atom is 0.335 e. The van der Waals surface area contributed by atoms with Crippen LogP contribution in [0, 0.1) is 0 Å². The molecule has 0 aromatic carbocycles. The maximum atomic E-state index is 11.1. The fourth-order valence-electron chi connectivity index (χ4n) is 0.761. The Morgan fingerprint density at radius 2 is 2.00 bits per heavy atom. The van der Waals surface area contributed by atoms with E-state index in [1.807, 2.05) is 6.92 Å². The molecule has 0 heterocycles. The van der Waals surface area contributed by atoms with Crippen LogP contribution in [0.3, 0.4) is 0 Å². The van der Waals surface area contributed by atoms with E-state index in [-0.39, 0.29) is 0 Å². The first-order valence-electron chi connectivity index (χ1n) is 4.27. The third kappa shape index (κ3) is 5.13. The smallest absolute Gasteiger partial charge is 0.335 e. The fraction of sp³-hybridized carbons (Fsp3) is 0.889. The standard InChI is InChI=1S/C9H18O3/c1-5-6-7(10)8(11)12-9(2,3)4/h7,10H,5-6H2,1-4H3/t7-/m0/s1. The van der Waals surface area contributed by atoms with Crippen molar-refractivity contribution < 1.29 is 14.6 Å². The van der Waals surface area contributed by atoms with E-state index in [1.54, 1.807) is 20.8 Å². The number of ether oxygens (including phenoxy) is 1. The van der Waals surface area contributed by atoms with Crippen LogP contribution in [0.15, 0.2) is 0 Å². The van der Waals surface area contributed by atoms with E-state index < -0.39 is 17.7 Å². The first kappa shape index (κ1) is 11.4. The van der Waals surface area contributed by atoms with E-state index in [0.29, 0.717) is 6.42 Å². The van der Waals surface area contributed by atoms with E-state index in [9.17, 15) is 9.90 Å². The van der Waals surface area contributed by atoms with Crippen molar-refractivity contribution in [3.05, 3.63) is 0 Å². The quantitative estimate of drug-likeness (QED) is 0.659. The molecule has 0 unspecified atom stereocenters. The summed E-state index contributed by atoms with van der Waals surface area (Å²) in [6.07, 6.45) is 0.282. The summed E-state index contributed by atoms with van der Waals surface area (Å²) in [6, 6.07) is 0. The highest BCUT2D eigenvalue weighted by molar-refractivity contribution is 5.74. The zero-order chi connectivity index (χ0) is 9.78. The number of hydrogen-bond donors (Lipinski definition) is 1. The predicted molar refractivity (Wildman–Crippen MR) is 46.8 cm³/mol. The molecule has 0 rings (SSSR count). The number of hydrogen-bond acceptors (Lipinski definition) is 3. The van der Waals surface area contributed by atoms with E-state index in [1.165, 1.54) is 0 Å². The third-order valence-corrected chi connectivity index (χ3v) is 1.24. The summed E-state index contributed by atoms with van der Waals surface area (Å²) in [5.74, 6) is -0.524.